The van der Waals surface area contributed by atoms with E-state index in [-0.39, 0.29) is 16.8 Å². The van der Waals surface area contributed by atoms with E-state index in [0.717, 1.165) is 6.07 Å². The van der Waals surface area contributed by atoms with Crippen molar-refractivity contribution in [1.82, 2.24) is 0 Å². The van der Waals surface area contributed by atoms with Crippen LogP contribution in [0.5, 0.6) is 0 Å². The predicted octanol–water partition coefficient (Wildman–Crippen LogP) is 2.22. The number of nitrogen functional groups attached to an aromatic ring is 1. The van der Waals surface area contributed by atoms with Crippen LogP contribution in [0.15, 0.2) is 48.5 Å². The fourth-order valence-electron chi connectivity index (χ4n) is 1.40. The summed E-state index contributed by atoms with van der Waals surface area (Å²) < 4.78 is 0. The summed E-state index contributed by atoms with van der Waals surface area (Å²) in [6.45, 7) is 0. The number of carboxylic acids is 2. The van der Waals surface area contributed by atoms with Crippen LogP contribution in [-0.4, -0.2) is 22.2 Å². The third-order valence-electron chi connectivity index (χ3n) is 2.43. The van der Waals surface area contributed by atoms with E-state index in [1.807, 2.05) is 24.3 Å². The van der Waals surface area contributed by atoms with E-state index >= 15 is 0 Å². The van der Waals surface area contributed by atoms with Gasteiger partial charge in [-0.1, -0.05) is 18.2 Å². The summed E-state index contributed by atoms with van der Waals surface area (Å²) in [4.78, 5) is 20.9. The number of carbonyl (C=O) groups is 2. The Balaban J connectivity index is 0.000000235. The van der Waals surface area contributed by atoms with Crippen LogP contribution in [0.1, 0.15) is 26.3 Å². The summed E-state index contributed by atoms with van der Waals surface area (Å²) in [5.41, 5.74) is 5.86. The highest BCUT2D eigenvalue weighted by Gasteiger charge is 2.10. The molecule has 0 amide bonds. The Bertz CT molecular complexity index is 691. The van der Waals surface area contributed by atoms with Gasteiger partial charge in [0.2, 0.25) is 0 Å². The lowest BCUT2D eigenvalue weighted by Gasteiger charge is -2.00. The lowest BCUT2D eigenvalue weighted by atomic mass is 10.1. The van der Waals surface area contributed by atoms with Gasteiger partial charge in [-0.25, -0.2) is 9.59 Å². The molecule has 0 bridgehead atoms. The topological polar surface area (TPSA) is 124 Å². The molecular formula is C15H12N2O4. The van der Waals surface area contributed by atoms with Gasteiger partial charge >= 0.3 is 11.9 Å². The van der Waals surface area contributed by atoms with E-state index < -0.39 is 11.9 Å². The molecule has 2 aromatic carbocycles. The fourth-order valence-corrected chi connectivity index (χ4v) is 1.40. The van der Waals surface area contributed by atoms with E-state index in [9.17, 15) is 9.59 Å². The number of hydrogen-bond acceptors (Lipinski definition) is 4. The van der Waals surface area contributed by atoms with Gasteiger partial charge < -0.3 is 15.9 Å². The molecule has 0 aromatic heterocycles. The van der Waals surface area contributed by atoms with Gasteiger partial charge in [-0.15, -0.1) is 0 Å². The highest BCUT2D eigenvalue weighted by Crippen LogP contribution is 2.14. The Morgan fingerprint density at radius 1 is 1.00 bits per heavy atom. The molecule has 0 aliphatic rings. The molecule has 0 spiro atoms. The summed E-state index contributed by atoms with van der Waals surface area (Å²) in [5.74, 6) is -2.31. The van der Waals surface area contributed by atoms with Crippen LogP contribution in [0.3, 0.4) is 0 Å². The number of benzene rings is 2. The number of rotatable bonds is 2. The minimum atomic E-state index is -1.17. The Labute approximate surface area is 120 Å². The van der Waals surface area contributed by atoms with Crippen LogP contribution in [0.2, 0.25) is 0 Å². The Morgan fingerprint density at radius 3 is 2.00 bits per heavy atom. The van der Waals surface area contributed by atoms with Crippen molar-refractivity contribution in [3.63, 3.8) is 0 Å². The Morgan fingerprint density at radius 2 is 1.62 bits per heavy atom. The molecule has 0 saturated heterocycles. The molecule has 0 heterocycles. The molecule has 21 heavy (non-hydrogen) atoms. The molecule has 0 saturated carbocycles. The van der Waals surface area contributed by atoms with Gasteiger partial charge in [-0.3, -0.25) is 0 Å². The number of nitriles is 1. The van der Waals surface area contributed by atoms with Crippen LogP contribution in [0.4, 0.5) is 5.69 Å². The van der Waals surface area contributed by atoms with Crippen LogP contribution in [0, 0.1) is 11.3 Å². The van der Waals surface area contributed by atoms with Crippen LogP contribution < -0.4 is 5.73 Å². The maximum atomic E-state index is 10.5. The van der Waals surface area contributed by atoms with Crippen molar-refractivity contribution in [3.05, 3.63) is 65.2 Å². The van der Waals surface area contributed by atoms with Crippen molar-refractivity contribution in [2.75, 3.05) is 5.73 Å². The standard InChI is InChI=1S/C8H7NO4.C7H5N/c9-6-3-4(7(10)11)1-2-5(6)8(12)13;8-6-7-4-2-1-3-5-7/h1-3H,9H2,(H,10,11)(H,12,13);1-5H. The van der Waals surface area contributed by atoms with Crippen LogP contribution in [0.25, 0.3) is 0 Å². The minimum absolute atomic E-state index is 0.0255. The molecule has 0 fully saturated rings. The average molecular weight is 284 g/mol. The molecule has 2 rings (SSSR count). The average Bonchev–Trinajstić information content (AvgIpc) is 2.48. The number of anilines is 1. The van der Waals surface area contributed by atoms with E-state index in [1.165, 1.54) is 12.1 Å². The van der Waals surface area contributed by atoms with E-state index in [4.69, 9.17) is 21.2 Å². The first-order valence-corrected chi connectivity index (χ1v) is 5.77. The summed E-state index contributed by atoms with van der Waals surface area (Å²) in [7, 11) is 0. The maximum absolute atomic E-state index is 10.5. The fraction of sp³-hybridized carbons (Fsp3) is 0. The zero-order valence-electron chi connectivity index (χ0n) is 10.9. The van der Waals surface area contributed by atoms with Crippen LogP contribution in [-0.2, 0) is 0 Å². The first kappa shape index (κ1) is 15.7. The van der Waals surface area contributed by atoms with Gasteiger partial charge in [0, 0.05) is 5.69 Å². The van der Waals surface area contributed by atoms with Crippen molar-refractivity contribution in [2.24, 2.45) is 0 Å². The smallest absolute Gasteiger partial charge is 0.337 e. The molecule has 6 heteroatoms. The molecule has 0 atom stereocenters. The molecule has 4 N–H and O–H groups in total. The molecule has 0 unspecified atom stereocenters. The SMILES string of the molecule is N#Cc1ccccc1.Nc1cc(C(=O)O)ccc1C(=O)O. The van der Waals surface area contributed by atoms with Crippen molar-refractivity contribution >= 4 is 17.6 Å². The quantitative estimate of drug-likeness (QED) is 0.726. The van der Waals surface area contributed by atoms with E-state index in [0.29, 0.717) is 5.56 Å². The zero-order chi connectivity index (χ0) is 15.8. The molecule has 6 nitrogen and oxygen atoms in total. The Hall–Kier alpha value is -3.33. The highest BCUT2D eigenvalue weighted by molar-refractivity contribution is 5.96. The maximum Gasteiger partial charge on any atom is 0.337 e. The molecule has 0 radical (unpaired) electrons. The van der Waals surface area contributed by atoms with Gasteiger partial charge in [0.1, 0.15) is 0 Å². The lowest BCUT2D eigenvalue weighted by Crippen LogP contribution is -2.05. The van der Waals surface area contributed by atoms with Crippen molar-refractivity contribution in [1.29, 1.82) is 5.26 Å². The van der Waals surface area contributed by atoms with Gasteiger partial charge in [-0.05, 0) is 30.3 Å². The number of carboxylic acid groups (broad SMARTS) is 2. The van der Waals surface area contributed by atoms with Crippen LogP contribution >= 0.6 is 0 Å². The second-order valence-corrected chi connectivity index (χ2v) is 3.89. The normalized spacial score (nSPS) is 8.90. The number of nitrogens with two attached hydrogens (primary N) is 1. The predicted molar refractivity (Wildman–Crippen MR) is 75.9 cm³/mol. The molecule has 106 valence electrons. The first-order chi connectivity index (χ1) is 9.95. The lowest BCUT2D eigenvalue weighted by molar-refractivity contribution is 0.0682. The molecule has 0 aliphatic heterocycles. The van der Waals surface area contributed by atoms with Gasteiger partial charge in [0.05, 0.1) is 22.8 Å². The van der Waals surface area contributed by atoms with Crippen molar-refractivity contribution < 1.29 is 19.8 Å². The summed E-state index contributed by atoms with van der Waals surface area (Å²) in [6.07, 6.45) is 0. The zero-order valence-corrected chi connectivity index (χ0v) is 10.9. The summed E-state index contributed by atoms with van der Waals surface area (Å²) in [5, 5.41) is 25.4. The van der Waals surface area contributed by atoms with Gasteiger partial charge in [0.25, 0.3) is 0 Å². The van der Waals surface area contributed by atoms with Gasteiger partial charge in [-0.2, -0.15) is 5.26 Å². The minimum Gasteiger partial charge on any atom is -0.478 e. The molecule has 0 aliphatic carbocycles. The summed E-state index contributed by atoms with van der Waals surface area (Å²) >= 11 is 0. The van der Waals surface area contributed by atoms with E-state index in [2.05, 4.69) is 0 Å². The molecule has 2 aromatic rings. The number of nitrogens with zero attached hydrogens (tertiary/aromatic N) is 1. The summed E-state index contributed by atoms with van der Waals surface area (Å²) in [6, 6.07) is 14.6. The molecular weight excluding hydrogens is 272 g/mol. The second-order valence-electron chi connectivity index (χ2n) is 3.89. The highest BCUT2D eigenvalue weighted by atomic mass is 16.4. The second kappa shape index (κ2) is 7.31. The van der Waals surface area contributed by atoms with Gasteiger partial charge in [0.15, 0.2) is 0 Å². The first-order valence-electron chi connectivity index (χ1n) is 5.77. The third-order valence-corrected chi connectivity index (χ3v) is 2.43. The largest absolute Gasteiger partial charge is 0.478 e. The van der Waals surface area contributed by atoms with Crippen molar-refractivity contribution in [2.45, 2.75) is 0 Å². The van der Waals surface area contributed by atoms with Crippen molar-refractivity contribution in [3.8, 4) is 6.07 Å². The Kier molecular flexibility index (Phi) is 5.47. The third kappa shape index (κ3) is 4.69. The number of aromatic carboxylic acids is 2. The number of hydrogen-bond donors (Lipinski definition) is 3. The monoisotopic (exact) mass is 284 g/mol. The van der Waals surface area contributed by atoms with E-state index in [1.54, 1.807) is 12.1 Å².